The molecule has 0 amide bonds. The molecule has 0 aliphatic rings. The molecule has 2 aromatic carbocycles. The average Bonchev–Trinajstić information content (AvgIpc) is 3.17. The van der Waals surface area contributed by atoms with E-state index >= 15 is 0 Å². The molecule has 128 valence electrons. The van der Waals surface area contributed by atoms with Crippen molar-refractivity contribution in [2.45, 2.75) is 26.4 Å². The Bertz CT molecular complexity index is 832. The molecule has 0 unspecified atom stereocenters. The largest absolute Gasteiger partial charge is 0.479 e. The monoisotopic (exact) mass is 338 g/mol. The van der Waals surface area contributed by atoms with Gasteiger partial charge in [-0.15, -0.1) is 5.10 Å². The number of ether oxygens (including phenoxy) is 2. The van der Waals surface area contributed by atoms with Crippen molar-refractivity contribution in [3.63, 3.8) is 0 Å². The topological polar surface area (TPSA) is 79.1 Å². The second-order valence-electron chi connectivity index (χ2n) is 5.43. The van der Waals surface area contributed by atoms with E-state index in [-0.39, 0.29) is 0 Å². The van der Waals surface area contributed by atoms with Crippen LogP contribution in [0.15, 0.2) is 54.9 Å². The summed E-state index contributed by atoms with van der Waals surface area (Å²) in [4.78, 5) is 12.2. The number of hydrogen-bond acceptors (Lipinski definition) is 6. The van der Waals surface area contributed by atoms with Crippen LogP contribution in [-0.4, -0.2) is 32.3 Å². The van der Waals surface area contributed by atoms with Crippen molar-refractivity contribution in [3.05, 3.63) is 60.4 Å². The molecule has 3 aromatic rings. The first kappa shape index (κ1) is 16.6. The van der Waals surface area contributed by atoms with E-state index in [2.05, 4.69) is 22.4 Å². The zero-order chi connectivity index (χ0) is 17.6. The van der Waals surface area contributed by atoms with Gasteiger partial charge in [0.1, 0.15) is 17.8 Å². The Kier molecular flexibility index (Phi) is 5.03. The Morgan fingerprint density at radius 2 is 1.96 bits per heavy atom. The van der Waals surface area contributed by atoms with Gasteiger partial charge >= 0.3 is 5.97 Å². The summed E-state index contributed by atoms with van der Waals surface area (Å²) in [6, 6.07) is 14.6. The first-order chi connectivity index (χ1) is 12.2. The molecule has 7 nitrogen and oxygen atoms in total. The molecular weight excluding hydrogens is 320 g/mol. The molecule has 1 atom stereocenters. The molecule has 0 bridgehead atoms. The molecule has 0 fully saturated rings. The molecule has 0 aliphatic carbocycles. The van der Waals surface area contributed by atoms with Gasteiger partial charge in [0, 0.05) is 6.07 Å². The second kappa shape index (κ2) is 7.57. The second-order valence-corrected chi connectivity index (χ2v) is 5.43. The summed E-state index contributed by atoms with van der Waals surface area (Å²) in [5, 5.41) is 11.0. The number of esters is 1. The van der Waals surface area contributed by atoms with Gasteiger partial charge in [0.05, 0.1) is 5.69 Å². The summed E-state index contributed by atoms with van der Waals surface area (Å²) >= 11 is 0. The fourth-order valence-electron chi connectivity index (χ4n) is 2.22. The highest BCUT2D eigenvalue weighted by Crippen LogP contribution is 2.18. The lowest BCUT2D eigenvalue weighted by Gasteiger charge is -2.14. The molecule has 0 N–H and O–H groups in total. The van der Waals surface area contributed by atoms with Crippen LogP contribution < -0.4 is 9.47 Å². The number of carbonyl (C=O) groups excluding carboxylic acids is 1. The Labute approximate surface area is 145 Å². The molecule has 7 heteroatoms. The minimum Gasteiger partial charge on any atom is -0.479 e. The van der Waals surface area contributed by atoms with E-state index in [1.54, 1.807) is 25.1 Å². The van der Waals surface area contributed by atoms with Crippen LogP contribution in [0.25, 0.3) is 5.69 Å². The van der Waals surface area contributed by atoms with Crippen molar-refractivity contribution in [2.24, 2.45) is 0 Å². The third kappa shape index (κ3) is 4.20. The fraction of sp³-hybridized carbons (Fsp3) is 0.222. The normalized spacial score (nSPS) is 11.8. The lowest BCUT2D eigenvalue weighted by atomic mass is 10.2. The molecule has 1 heterocycles. The van der Waals surface area contributed by atoms with Gasteiger partial charge in [-0.1, -0.05) is 25.1 Å². The SMILES string of the molecule is CCc1ccc(O[C@@H](C)C(=O)Oc2cccc(-n3cnnn3)c2)cc1. The number of tetrazole rings is 1. The lowest BCUT2D eigenvalue weighted by molar-refractivity contribution is -0.141. The zero-order valence-electron chi connectivity index (χ0n) is 14.0. The molecular formula is C18H18N4O3. The van der Waals surface area contributed by atoms with Crippen LogP contribution in [0.4, 0.5) is 0 Å². The minimum absolute atomic E-state index is 0.398. The number of aryl methyl sites for hydroxylation is 1. The van der Waals surface area contributed by atoms with Crippen LogP contribution in [-0.2, 0) is 11.2 Å². The Morgan fingerprint density at radius 1 is 1.16 bits per heavy atom. The summed E-state index contributed by atoms with van der Waals surface area (Å²) < 4.78 is 12.5. The highest BCUT2D eigenvalue weighted by atomic mass is 16.6. The van der Waals surface area contributed by atoms with Crippen molar-refractivity contribution in [1.82, 2.24) is 20.2 Å². The van der Waals surface area contributed by atoms with E-state index in [4.69, 9.17) is 9.47 Å². The van der Waals surface area contributed by atoms with E-state index < -0.39 is 12.1 Å². The van der Waals surface area contributed by atoms with Gasteiger partial charge in [-0.2, -0.15) is 0 Å². The fourth-order valence-corrected chi connectivity index (χ4v) is 2.22. The van der Waals surface area contributed by atoms with Crippen molar-refractivity contribution in [1.29, 1.82) is 0 Å². The van der Waals surface area contributed by atoms with Crippen LogP contribution in [0, 0.1) is 0 Å². The van der Waals surface area contributed by atoms with Crippen LogP contribution in [0.5, 0.6) is 11.5 Å². The molecule has 0 aliphatic heterocycles. The number of benzene rings is 2. The summed E-state index contributed by atoms with van der Waals surface area (Å²) in [6.45, 7) is 3.74. The maximum atomic E-state index is 12.2. The summed E-state index contributed by atoms with van der Waals surface area (Å²) in [5.41, 5.74) is 1.90. The standard InChI is InChI=1S/C18H18N4O3/c1-3-14-7-9-16(10-8-14)24-13(2)18(23)25-17-6-4-5-15(11-17)22-12-19-20-21-22/h4-13H,3H2,1-2H3/t13-/m0/s1. The molecule has 3 rings (SSSR count). The number of nitrogens with zero attached hydrogens (tertiary/aromatic N) is 4. The highest BCUT2D eigenvalue weighted by molar-refractivity contribution is 5.77. The first-order valence-electron chi connectivity index (χ1n) is 7.96. The predicted molar refractivity (Wildman–Crippen MR) is 90.7 cm³/mol. The Hall–Kier alpha value is -3.22. The van der Waals surface area contributed by atoms with Crippen molar-refractivity contribution < 1.29 is 14.3 Å². The van der Waals surface area contributed by atoms with Crippen LogP contribution >= 0.6 is 0 Å². The predicted octanol–water partition coefficient (Wildman–Crippen LogP) is 2.60. The number of hydrogen-bond donors (Lipinski definition) is 0. The first-order valence-corrected chi connectivity index (χ1v) is 7.96. The lowest BCUT2D eigenvalue weighted by Crippen LogP contribution is -2.28. The maximum Gasteiger partial charge on any atom is 0.352 e. The number of rotatable bonds is 6. The van der Waals surface area contributed by atoms with Crippen LogP contribution in [0.1, 0.15) is 19.4 Å². The molecule has 0 radical (unpaired) electrons. The van der Waals surface area contributed by atoms with Crippen LogP contribution in [0.2, 0.25) is 0 Å². The third-order valence-corrected chi connectivity index (χ3v) is 3.63. The third-order valence-electron chi connectivity index (χ3n) is 3.63. The van der Waals surface area contributed by atoms with Gasteiger partial charge in [-0.25, -0.2) is 9.48 Å². The minimum atomic E-state index is -0.732. The van der Waals surface area contributed by atoms with Crippen LogP contribution in [0.3, 0.4) is 0 Å². The Balaban J connectivity index is 1.64. The van der Waals surface area contributed by atoms with Gasteiger partial charge in [0.15, 0.2) is 6.10 Å². The van der Waals surface area contributed by atoms with Gasteiger partial charge in [0.25, 0.3) is 0 Å². The van der Waals surface area contributed by atoms with E-state index in [0.29, 0.717) is 17.2 Å². The van der Waals surface area contributed by atoms with Crippen molar-refractivity contribution >= 4 is 5.97 Å². The van der Waals surface area contributed by atoms with E-state index in [1.807, 2.05) is 30.3 Å². The molecule has 25 heavy (non-hydrogen) atoms. The number of aromatic nitrogens is 4. The maximum absolute atomic E-state index is 12.2. The quantitative estimate of drug-likeness (QED) is 0.508. The van der Waals surface area contributed by atoms with Crippen molar-refractivity contribution in [3.8, 4) is 17.2 Å². The van der Waals surface area contributed by atoms with Crippen molar-refractivity contribution in [2.75, 3.05) is 0 Å². The highest BCUT2D eigenvalue weighted by Gasteiger charge is 2.17. The molecule has 1 aromatic heterocycles. The zero-order valence-corrected chi connectivity index (χ0v) is 14.0. The van der Waals surface area contributed by atoms with Gasteiger partial charge in [-0.3, -0.25) is 0 Å². The van der Waals surface area contributed by atoms with E-state index in [1.165, 1.54) is 16.6 Å². The summed E-state index contributed by atoms with van der Waals surface area (Å²) in [7, 11) is 0. The molecule has 0 saturated heterocycles. The van der Waals surface area contributed by atoms with Gasteiger partial charge in [0.2, 0.25) is 0 Å². The van der Waals surface area contributed by atoms with Gasteiger partial charge < -0.3 is 9.47 Å². The Morgan fingerprint density at radius 3 is 2.64 bits per heavy atom. The number of carbonyl (C=O) groups is 1. The van der Waals surface area contributed by atoms with E-state index in [9.17, 15) is 4.79 Å². The average molecular weight is 338 g/mol. The summed E-state index contributed by atoms with van der Waals surface area (Å²) in [5.74, 6) is 0.548. The summed E-state index contributed by atoms with van der Waals surface area (Å²) in [6.07, 6.45) is 1.69. The van der Waals surface area contributed by atoms with E-state index in [0.717, 1.165) is 6.42 Å². The molecule has 0 saturated carbocycles. The van der Waals surface area contributed by atoms with Gasteiger partial charge in [-0.05, 0) is 53.6 Å². The molecule has 0 spiro atoms. The smallest absolute Gasteiger partial charge is 0.352 e.